The Bertz CT molecular complexity index is 573. The molecule has 2 aromatic rings. The molecule has 0 radical (unpaired) electrons. The van der Waals surface area contributed by atoms with Crippen molar-refractivity contribution >= 4 is 23.3 Å². The third kappa shape index (κ3) is 2.11. The van der Waals surface area contributed by atoms with Crippen molar-refractivity contribution in [1.82, 2.24) is 4.98 Å². The van der Waals surface area contributed by atoms with E-state index in [-0.39, 0.29) is 0 Å². The number of nitrogens with zero attached hydrogens (tertiary/aromatic N) is 1. The van der Waals surface area contributed by atoms with Crippen molar-refractivity contribution in [2.45, 2.75) is 12.8 Å². The highest BCUT2D eigenvalue weighted by molar-refractivity contribution is 6.30. The summed E-state index contributed by atoms with van der Waals surface area (Å²) in [4.78, 5) is 4.13. The summed E-state index contributed by atoms with van der Waals surface area (Å²) in [5.41, 5.74) is 5.19. The van der Waals surface area contributed by atoms with Crippen LogP contribution in [0.1, 0.15) is 23.1 Å². The molecule has 17 heavy (non-hydrogen) atoms. The molecule has 0 spiro atoms. The molecular formula is C15H12ClN. The summed E-state index contributed by atoms with van der Waals surface area (Å²) < 4.78 is 0. The van der Waals surface area contributed by atoms with Gasteiger partial charge in [0, 0.05) is 17.4 Å². The molecule has 3 rings (SSSR count). The van der Waals surface area contributed by atoms with Crippen molar-refractivity contribution < 1.29 is 0 Å². The molecular weight excluding hydrogens is 230 g/mol. The molecule has 0 N–H and O–H groups in total. The van der Waals surface area contributed by atoms with Crippen LogP contribution in [0.25, 0.3) is 11.6 Å². The van der Waals surface area contributed by atoms with E-state index in [1.54, 1.807) is 6.20 Å². The second kappa shape index (κ2) is 4.34. The predicted molar refractivity (Wildman–Crippen MR) is 71.9 cm³/mol. The van der Waals surface area contributed by atoms with E-state index in [0.717, 1.165) is 23.4 Å². The summed E-state index contributed by atoms with van der Waals surface area (Å²) in [6.07, 6.45) is 8.08. The number of halogens is 1. The fourth-order valence-electron chi connectivity index (χ4n) is 2.28. The number of hydrogen-bond donors (Lipinski definition) is 0. The molecule has 1 aromatic carbocycles. The van der Waals surface area contributed by atoms with E-state index in [1.165, 1.54) is 16.7 Å². The summed E-state index contributed by atoms with van der Waals surface area (Å²) >= 11 is 6.05. The fourth-order valence-corrected chi connectivity index (χ4v) is 2.45. The van der Waals surface area contributed by atoms with Gasteiger partial charge in [-0.15, -0.1) is 0 Å². The smallest absolute Gasteiger partial charge is 0.0412 e. The summed E-state index contributed by atoms with van der Waals surface area (Å²) in [6, 6.07) is 10.2. The van der Waals surface area contributed by atoms with Crippen molar-refractivity contribution in [2.75, 3.05) is 0 Å². The van der Waals surface area contributed by atoms with Crippen molar-refractivity contribution in [1.29, 1.82) is 0 Å². The Labute approximate surface area is 106 Å². The SMILES string of the molecule is Clc1ccc2c(c1)/C(=C/c1cccnc1)CC2. The molecule has 1 heterocycles. The van der Waals surface area contributed by atoms with Gasteiger partial charge in [-0.05, 0) is 59.4 Å². The number of aromatic nitrogens is 1. The van der Waals surface area contributed by atoms with Crippen LogP contribution in [0, 0.1) is 0 Å². The van der Waals surface area contributed by atoms with Gasteiger partial charge in [0.25, 0.3) is 0 Å². The predicted octanol–water partition coefficient (Wildman–Crippen LogP) is 4.22. The number of allylic oxidation sites excluding steroid dienone is 1. The van der Waals surface area contributed by atoms with Gasteiger partial charge in [0.05, 0.1) is 0 Å². The van der Waals surface area contributed by atoms with Crippen molar-refractivity contribution in [3.63, 3.8) is 0 Å². The van der Waals surface area contributed by atoms with E-state index in [9.17, 15) is 0 Å². The average Bonchev–Trinajstić information content (AvgIpc) is 2.73. The van der Waals surface area contributed by atoms with E-state index >= 15 is 0 Å². The molecule has 84 valence electrons. The first-order chi connectivity index (χ1) is 8.33. The topological polar surface area (TPSA) is 12.9 Å². The molecule has 0 unspecified atom stereocenters. The lowest BCUT2D eigenvalue weighted by Gasteiger charge is -2.02. The molecule has 1 nitrogen and oxygen atoms in total. The molecule has 0 fully saturated rings. The second-order valence-corrected chi connectivity index (χ2v) is 4.69. The van der Waals surface area contributed by atoms with Gasteiger partial charge in [-0.3, -0.25) is 4.98 Å². The lowest BCUT2D eigenvalue weighted by molar-refractivity contribution is 1.08. The fraction of sp³-hybridized carbons (Fsp3) is 0.133. The first-order valence-electron chi connectivity index (χ1n) is 5.72. The molecule has 0 bridgehead atoms. The summed E-state index contributed by atoms with van der Waals surface area (Å²) in [5.74, 6) is 0. The van der Waals surface area contributed by atoms with Crippen LogP contribution < -0.4 is 0 Å². The Balaban J connectivity index is 2.04. The minimum atomic E-state index is 0.808. The highest BCUT2D eigenvalue weighted by Gasteiger charge is 2.15. The Morgan fingerprint density at radius 3 is 2.94 bits per heavy atom. The highest BCUT2D eigenvalue weighted by atomic mass is 35.5. The molecule has 0 aliphatic heterocycles. The molecule has 0 atom stereocenters. The van der Waals surface area contributed by atoms with Gasteiger partial charge >= 0.3 is 0 Å². The minimum Gasteiger partial charge on any atom is -0.264 e. The van der Waals surface area contributed by atoms with Gasteiger partial charge in [0.1, 0.15) is 0 Å². The zero-order valence-electron chi connectivity index (χ0n) is 9.36. The maximum atomic E-state index is 6.05. The molecule has 0 saturated carbocycles. The van der Waals surface area contributed by atoms with Gasteiger partial charge in [0.15, 0.2) is 0 Å². The maximum Gasteiger partial charge on any atom is 0.0412 e. The van der Waals surface area contributed by atoms with Crippen LogP contribution >= 0.6 is 11.6 Å². The molecule has 0 saturated heterocycles. The van der Waals surface area contributed by atoms with E-state index in [4.69, 9.17) is 11.6 Å². The number of aryl methyl sites for hydroxylation is 1. The summed E-state index contributed by atoms with van der Waals surface area (Å²) in [6.45, 7) is 0. The monoisotopic (exact) mass is 241 g/mol. The molecule has 1 aromatic heterocycles. The van der Waals surface area contributed by atoms with Crippen LogP contribution in [0.15, 0.2) is 42.7 Å². The Morgan fingerprint density at radius 1 is 1.18 bits per heavy atom. The third-order valence-electron chi connectivity index (χ3n) is 3.11. The van der Waals surface area contributed by atoms with Gasteiger partial charge in [-0.1, -0.05) is 23.7 Å². The van der Waals surface area contributed by atoms with Crippen molar-refractivity contribution in [3.8, 4) is 0 Å². The van der Waals surface area contributed by atoms with Crippen molar-refractivity contribution in [3.05, 3.63) is 64.4 Å². The first-order valence-corrected chi connectivity index (χ1v) is 6.10. The van der Waals surface area contributed by atoms with Crippen LogP contribution in [0.3, 0.4) is 0 Å². The number of benzene rings is 1. The van der Waals surface area contributed by atoms with E-state index < -0.39 is 0 Å². The standard InChI is InChI=1S/C15H12ClN/c16-14-6-5-12-3-4-13(15(12)9-14)8-11-2-1-7-17-10-11/h1-2,5-10H,3-4H2/b13-8+. The van der Waals surface area contributed by atoms with Crippen LogP contribution in [-0.2, 0) is 6.42 Å². The average molecular weight is 242 g/mol. The van der Waals surface area contributed by atoms with Crippen LogP contribution in [0.5, 0.6) is 0 Å². The highest BCUT2D eigenvalue weighted by Crippen LogP contribution is 2.35. The zero-order chi connectivity index (χ0) is 11.7. The summed E-state index contributed by atoms with van der Waals surface area (Å²) in [7, 11) is 0. The molecule has 0 amide bonds. The largest absolute Gasteiger partial charge is 0.264 e. The van der Waals surface area contributed by atoms with Gasteiger partial charge in [-0.2, -0.15) is 0 Å². The van der Waals surface area contributed by atoms with Crippen molar-refractivity contribution in [2.24, 2.45) is 0 Å². The zero-order valence-corrected chi connectivity index (χ0v) is 10.1. The lowest BCUT2D eigenvalue weighted by Crippen LogP contribution is -1.81. The molecule has 1 aliphatic rings. The van der Waals surface area contributed by atoms with E-state index in [1.807, 2.05) is 18.3 Å². The third-order valence-corrected chi connectivity index (χ3v) is 3.34. The Hall–Kier alpha value is -1.60. The number of fused-ring (bicyclic) bond motifs is 1. The molecule has 2 heteroatoms. The van der Waals surface area contributed by atoms with E-state index in [2.05, 4.69) is 29.3 Å². The van der Waals surface area contributed by atoms with Gasteiger partial charge < -0.3 is 0 Å². The number of hydrogen-bond acceptors (Lipinski definition) is 1. The lowest BCUT2D eigenvalue weighted by atomic mass is 10.1. The Kier molecular flexibility index (Phi) is 2.69. The minimum absolute atomic E-state index is 0.808. The van der Waals surface area contributed by atoms with Crippen LogP contribution in [0.4, 0.5) is 0 Å². The van der Waals surface area contributed by atoms with E-state index in [0.29, 0.717) is 0 Å². The normalized spacial score (nSPS) is 16.2. The summed E-state index contributed by atoms with van der Waals surface area (Å²) in [5, 5.41) is 0.808. The Morgan fingerprint density at radius 2 is 2.12 bits per heavy atom. The second-order valence-electron chi connectivity index (χ2n) is 4.26. The van der Waals surface area contributed by atoms with Crippen LogP contribution in [0.2, 0.25) is 5.02 Å². The number of pyridine rings is 1. The van der Waals surface area contributed by atoms with Crippen LogP contribution in [-0.4, -0.2) is 4.98 Å². The van der Waals surface area contributed by atoms with Gasteiger partial charge in [0.2, 0.25) is 0 Å². The quantitative estimate of drug-likeness (QED) is 0.728. The maximum absolute atomic E-state index is 6.05. The number of rotatable bonds is 1. The molecule has 1 aliphatic carbocycles. The first kappa shape index (κ1) is 10.5. The van der Waals surface area contributed by atoms with Gasteiger partial charge in [-0.25, -0.2) is 0 Å².